The second-order valence-electron chi connectivity index (χ2n) is 6.77. The number of hydrogen-bond acceptors (Lipinski definition) is 5. The molecule has 6 nitrogen and oxygen atoms in total. The number of rotatable bonds is 6. The minimum Gasteiger partial charge on any atom is -0.484 e. The van der Waals surface area contributed by atoms with Crippen LogP contribution in [0.5, 0.6) is 5.75 Å². The molecule has 0 aromatic heterocycles. The van der Waals surface area contributed by atoms with Crippen molar-refractivity contribution >= 4 is 45.7 Å². The van der Waals surface area contributed by atoms with E-state index < -0.39 is 5.91 Å². The Morgan fingerprint density at radius 2 is 1.73 bits per heavy atom. The molecule has 2 N–H and O–H groups in total. The van der Waals surface area contributed by atoms with Crippen LogP contribution in [0.15, 0.2) is 71.6 Å². The predicted molar refractivity (Wildman–Crippen MR) is 117 cm³/mol. The van der Waals surface area contributed by atoms with Crippen LogP contribution in [-0.2, 0) is 16.1 Å². The standard InChI is InChI=1S/C23H18N2O4S/c24-21(26)14-29-19-9-6-15(7-10-19)12-20-22(27)25(23(28)30-20)13-16-5-8-17-3-1-2-4-18(17)11-16/h1-12H,13-14H2,(H2,24,26)/b20-12-. The maximum Gasteiger partial charge on any atom is 0.293 e. The van der Waals surface area contributed by atoms with Crippen LogP contribution in [-0.4, -0.2) is 28.6 Å². The first kappa shape index (κ1) is 19.7. The number of carbonyl (C=O) groups excluding carboxylic acids is 3. The third kappa shape index (κ3) is 4.36. The molecule has 0 unspecified atom stereocenters. The summed E-state index contributed by atoms with van der Waals surface area (Å²) in [6.07, 6.45) is 1.67. The van der Waals surface area contributed by atoms with E-state index in [1.807, 2.05) is 42.5 Å². The average molecular weight is 418 g/mol. The van der Waals surface area contributed by atoms with Gasteiger partial charge in [-0.15, -0.1) is 0 Å². The molecule has 3 aromatic carbocycles. The minimum absolute atomic E-state index is 0.201. The van der Waals surface area contributed by atoms with Gasteiger partial charge in [-0.1, -0.05) is 48.5 Å². The molecule has 0 aliphatic carbocycles. The lowest BCUT2D eigenvalue weighted by atomic mass is 10.1. The zero-order valence-electron chi connectivity index (χ0n) is 15.9. The van der Waals surface area contributed by atoms with Crippen LogP contribution in [0.1, 0.15) is 11.1 Å². The lowest BCUT2D eigenvalue weighted by Crippen LogP contribution is -2.27. The van der Waals surface area contributed by atoms with E-state index in [4.69, 9.17) is 10.5 Å². The molecule has 1 aliphatic rings. The normalized spacial score (nSPS) is 15.2. The predicted octanol–water partition coefficient (Wildman–Crippen LogP) is 3.94. The number of fused-ring (bicyclic) bond motifs is 1. The molecule has 1 saturated heterocycles. The Kier molecular flexibility index (Phi) is 5.54. The molecule has 30 heavy (non-hydrogen) atoms. The molecule has 0 bridgehead atoms. The van der Waals surface area contributed by atoms with E-state index in [2.05, 4.69) is 0 Å². The van der Waals surface area contributed by atoms with Crippen molar-refractivity contribution in [1.29, 1.82) is 0 Å². The first-order valence-electron chi connectivity index (χ1n) is 9.24. The Morgan fingerprint density at radius 1 is 1.00 bits per heavy atom. The molecule has 0 atom stereocenters. The van der Waals surface area contributed by atoms with Crippen LogP contribution in [0, 0.1) is 0 Å². The molecule has 1 fully saturated rings. The quantitative estimate of drug-likeness (QED) is 0.613. The second-order valence-corrected chi connectivity index (χ2v) is 7.77. The van der Waals surface area contributed by atoms with Crippen LogP contribution in [0.2, 0.25) is 0 Å². The zero-order chi connectivity index (χ0) is 21.1. The topological polar surface area (TPSA) is 89.7 Å². The van der Waals surface area contributed by atoms with Gasteiger partial charge >= 0.3 is 0 Å². The molecular weight excluding hydrogens is 400 g/mol. The van der Waals surface area contributed by atoms with E-state index in [9.17, 15) is 14.4 Å². The Morgan fingerprint density at radius 3 is 2.47 bits per heavy atom. The Balaban J connectivity index is 1.48. The van der Waals surface area contributed by atoms with Crippen molar-refractivity contribution < 1.29 is 19.1 Å². The van der Waals surface area contributed by atoms with Gasteiger partial charge in [-0.3, -0.25) is 19.3 Å². The van der Waals surface area contributed by atoms with Gasteiger partial charge in [0.05, 0.1) is 11.4 Å². The highest BCUT2D eigenvalue weighted by atomic mass is 32.2. The molecular formula is C23H18N2O4S. The van der Waals surface area contributed by atoms with E-state index >= 15 is 0 Å². The van der Waals surface area contributed by atoms with E-state index in [-0.39, 0.29) is 24.3 Å². The van der Waals surface area contributed by atoms with Gasteiger partial charge in [-0.25, -0.2) is 0 Å². The Hall–Kier alpha value is -3.58. The van der Waals surface area contributed by atoms with Gasteiger partial charge in [0, 0.05) is 0 Å². The summed E-state index contributed by atoms with van der Waals surface area (Å²) in [5.74, 6) is -0.373. The fraction of sp³-hybridized carbons (Fsp3) is 0.0870. The number of primary amides is 1. The fourth-order valence-electron chi connectivity index (χ4n) is 3.12. The molecule has 1 aliphatic heterocycles. The van der Waals surface area contributed by atoms with Gasteiger partial charge in [0.1, 0.15) is 5.75 Å². The van der Waals surface area contributed by atoms with E-state index in [1.165, 1.54) is 4.90 Å². The summed E-state index contributed by atoms with van der Waals surface area (Å²) in [6, 6.07) is 20.7. The molecule has 1 heterocycles. The summed E-state index contributed by atoms with van der Waals surface area (Å²) in [5, 5.41) is 1.88. The summed E-state index contributed by atoms with van der Waals surface area (Å²) in [7, 11) is 0. The molecule has 7 heteroatoms. The van der Waals surface area contributed by atoms with Gasteiger partial charge in [0.2, 0.25) is 0 Å². The van der Waals surface area contributed by atoms with Gasteiger partial charge in [-0.05, 0) is 57.9 Å². The average Bonchev–Trinajstić information content (AvgIpc) is 3.00. The van der Waals surface area contributed by atoms with Crippen molar-refractivity contribution in [2.45, 2.75) is 6.54 Å². The summed E-state index contributed by atoms with van der Waals surface area (Å²) >= 11 is 0.924. The number of imide groups is 1. The van der Waals surface area contributed by atoms with Gasteiger partial charge < -0.3 is 10.5 Å². The smallest absolute Gasteiger partial charge is 0.293 e. The second kappa shape index (κ2) is 8.42. The van der Waals surface area contributed by atoms with Crippen molar-refractivity contribution in [3.63, 3.8) is 0 Å². The largest absolute Gasteiger partial charge is 0.484 e. The van der Waals surface area contributed by atoms with Gasteiger partial charge in [0.25, 0.3) is 17.1 Å². The molecule has 3 amide bonds. The Bertz CT molecular complexity index is 1170. The maximum absolute atomic E-state index is 12.8. The number of benzene rings is 3. The van der Waals surface area contributed by atoms with Crippen LogP contribution in [0.3, 0.4) is 0 Å². The summed E-state index contributed by atoms with van der Waals surface area (Å²) in [4.78, 5) is 37.6. The zero-order valence-corrected chi connectivity index (χ0v) is 16.7. The van der Waals surface area contributed by atoms with Crippen molar-refractivity contribution in [2.24, 2.45) is 5.73 Å². The third-order valence-corrected chi connectivity index (χ3v) is 5.49. The number of ether oxygens (including phenoxy) is 1. The number of nitrogens with two attached hydrogens (primary N) is 1. The SMILES string of the molecule is NC(=O)COc1ccc(/C=C2\SC(=O)N(Cc3ccc4ccccc4c3)C2=O)cc1. The van der Waals surface area contributed by atoms with Crippen LogP contribution in [0.25, 0.3) is 16.8 Å². The number of amides is 3. The first-order chi connectivity index (χ1) is 14.5. The lowest BCUT2D eigenvalue weighted by molar-refractivity contribution is -0.123. The first-order valence-corrected chi connectivity index (χ1v) is 10.1. The van der Waals surface area contributed by atoms with Gasteiger partial charge in [0.15, 0.2) is 6.61 Å². The minimum atomic E-state index is -0.556. The Labute approximate surface area is 177 Å². The van der Waals surface area contributed by atoms with Crippen molar-refractivity contribution in [2.75, 3.05) is 6.61 Å². The number of nitrogens with zero attached hydrogens (tertiary/aromatic N) is 1. The molecule has 0 radical (unpaired) electrons. The maximum atomic E-state index is 12.8. The monoisotopic (exact) mass is 418 g/mol. The van der Waals surface area contributed by atoms with Crippen molar-refractivity contribution in [3.8, 4) is 5.75 Å². The van der Waals surface area contributed by atoms with Gasteiger partial charge in [-0.2, -0.15) is 0 Å². The molecule has 3 aromatic rings. The molecule has 0 saturated carbocycles. The van der Waals surface area contributed by atoms with E-state index in [0.29, 0.717) is 10.7 Å². The highest BCUT2D eigenvalue weighted by Crippen LogP contribution is 2.33. The molecule has 4 rings (SSSR count). The van der Waals surface area contributed by atoms with Crippen LogP contribution in [0.4, 0.5) is 4.79 Å². The summed E-state index contributed by atoms with van der Waals surface area (Å²) < 4.78 is 5.21. The lowest BCUT2D eigenvalue weighted by Gasteiger charge is -2.13. The molecule has 150 valence electrons. The van der Waals surface area contributed by atoms with Crippen LogP contribution >= 0.6 is 11.8 Å². The molecule has 0 spiro atoms. The summed E-state index contributed by atoms with van der Waals surface area (Å²) in [5.41, 5.74) is 6.70. The highest BCUT2D eigenvalue weighted by molar-refractivity contribution is 8.18. The third-order valence-electron chi connectivity index (χ3n) is 4.59. The number of carbonyl (C=O) groups is 3. The van der Waals surface area contributed by atoms with Crippen molar-refractivity contribution in [1.82, 2.24) is 4.90 Å². The van der Waals surface area contributed by atoms with Crippen molar-refractivity contribution in [3.05, 3.63) is 82.8 Å². The fourth-order valence-corrected chi connectivity index (χ4v) is 3.96. The van der Waals surface area contributed by atoms with Crippen LogP contribution < -0.4 is 10.5 Å². The van der Waals surface area contributed by atoms with E-state index in [1.54, 1.807) is 30.3 Å². The number of hydrogen-bond donors (Lipinski definition) is 1. The highest BCUT2D eigenvalue weighted by Gasteiger charge is 2.34. The number of thioether (sulfide) groups is 1. The van der Waals surface area contributed by atoms with E-state index in [0.717, 1.165) is 33.7 Å². The summed E-state index contributed by atoms with van der Waals surface area (Å²) in [6.45, 7) is 0.0275.